The molecule has 0 spiro atoms. The van der Waals surface area contributed by atoms with Gasteiger partial charge in [0.2, 0.25) is 0 Å². The van der Waals surface area contributed by atoms with E-state index in [4.69, 9.17) is 10.3 Å². The number of rotatable bonds is 3. The van der Waals surface area contributed by atoms with E-state index in [1.54, 1.807) is 0 Å². The molecule has 1 saturated heterocycles. The number of aliphatic hydroxyl groups excluding tert-OH is 3. The molecule has 0 radical (unpaired) electrons. The second kappa shape index (κ2) is 5.80. The summed E-state index contributed by atoms with van der Waals surface area (Å²) in [5, 5.41) is 31.7. The van der Waals surface area contributed by atoms with E-state index in [1.807, 2.05) is 0 Å². The van der Waals surface area contributed by atoms with Crippen molar-refractivity contribution in [2.45, 2.75) is 37.6 Å². The molecule has 0 aromatic rings. The van der Waals surface area contributed by atoms with Crippen molar-refractivity contribution in [1.29, 1.82) is 0 Å². The normalized spacial score (nSPS) is 37.1. The van der Waals surface area contributed by atoms with Crippen LogP contribution in [0.3, 0.4) is 0 Å². The molecule has 0 aliphatic carbocycles. The molecule has 0 amide bonds. The third-order valence-electron chi connectivity index (χ3n) is 2.32. The van der Waals surface area contributed by atoms with Crippen LogP contribution < -0.4 is 0 Å². The maximum Gasteiger partial charge on any atom is 0.302 e. The zero-order chi connectivity index (χ0) is 13.0. The van der Waals surface area contributed by atoms with E-state index in [0.29, 0.717) is 0 Å². The van der Waals surface area contributed by atoms with Gasteiger partial charge in [0.1, 0.15) is 24.9 Å². The highest BCUT2D eigenvalue weighted by Gasteiger charge is 2.43. The van der Waals surface area contributed by atoms with E-state index < -0.39 is 36.6 Å². The van der Waals surface area contributed by atoms with E-state index in [2.05, 4.69) is 14.8 Å². The van der Waals surface area contributed by atoms with Gasteiger partial charge >= 0.3 is 5.97 Å². The first-order chi connectivity index (χ1) is 7.97. The zero-order valence-electron chi connectivity index (χ0n) is 9.00. The van der Waals surface area contributed by atoms with Crippen molar-refractivity contribution in [2.75, 3.05) is 6.61 Å². The Morgan fingerprint density at radius 2 is 2.12 bits per heavy atom. The Labute approximate surface area is 96.2 Å². The minimum Gasteiger partial charge on any atom is -0.463 e. The van der Waals surface area contributed by atoms with Gasteiger partial charge in [-0.3, -0.25) is 4.79 Å². The fourth-order valence-corrected chi connectivity index (χ4v) is 1.45. The van der Waals surface area contributed by atoms with Crippen molar-refractivity contribution in [1.82, 2.24) is 0 Å². The summed E-state index contributed by atoms with van der Waals surface area (Å²) in [4.78, 5) is 13.0. The van der Waals surface area contributed by atoms with E-state index >= 15 is 0 Å². The zero-order valence-corrected chi connectivity index (χ0v) is 9.00. The third-order valence-corrected chi connectivity index (χ3v) is 2.32. The summed E-state index contributed by atoms with van der Waals surface area (Å²) in [5.41, 5.74) is 8.21. The van der Waals surface area contributed by atoms with Crippen LogP contribution in [0.25, 0.3) is 10.4 Å². The highest BCUT2D eigenvalue weighted by Crippen LogP contribution is 2.22. The summed E-state index contributed by atoms with van der Waals surface area (Å²) in [6.45, 7) is 0.860. The van der Waals surface area contributed by atoms with E-state index in [1.165, 1.54) is 6.92 Å². The lowest BCUT2D eigenvalue weighted by atomic mass is 9.98. The van der Waals surface area contributed by atoms with Gasteiger partial charge in [-0.15, -0.1) is 0 Å². The molecule has 3 N–H and O–H groups in total. The molecule has 0 saturated carbocycles. The Bertz CT molecular complexity index is 331. The van der Waals surface area contributed by atoms with Crippen molar-refractivity contribution in [3.8, 4) is 0 Å². The number of aliphatic hydroxyl groups is 3. The summed E-state index contributed by atoms with van der Waals surface area (Å²) in [6, 6.07) is -1.30. The lowest BCUT2D eigenvalue weighted by Gasteiger charge is -2.38. The molecule has 17 heavy (non-hydrogen) atoms. The predicted molar refractivity (Wildman–Crippen MR) is 52.5 cm³/mol. The highest BCUT2D eigenvalue weighted by atomic mass is 16.6. The Hall–Kier alpha value is -1.38. The van der Waals surface area contributed by atoms with E-state index in [9.17, 15) is 20.1 Å². The SMILES string of the molecule is CC(=O)OCC1O[C@H](O)C(N=[N+]=[N-])[C@@H](O)[C@@H]1O. The summed E-state index contributed by atoms with van der Waals surface area (Å²) >= 11 is 0. The topological polar surface area (TPSA) is 145 Å². The lowest BCUT2D eigenvalue weighted by molar-refractivity contribution is -0.250. The summed E-state index contributed by atoms with van der Waals surface area (Å²) in [7, 11) is 0. The molecule has 1 rings (SSSR count). The van der Waals surface area contributed by atoms with Crippen LogP contribution in [-0.2, 0) is 14.3 Å². The average molecular weight is 247 g/mol. The first kappa shape index (κ1) is 13.7. The third kappa shape index (κ3) is 3.29. The van der Waals surface area contributed by atoms with Crippen LogP contribution in [0, 0.1) is 0 Å². The molecule has 1 fully saturated rings. The molecule has 5 atom stereocenters. The summed E-state index contributed by atoms with van der Waals surface area (Å²) in [6.07, 6.45) is -5.55. The molecular formula is C8H13N3O6. The molecule has 0 aromatic heterocycles. The molecule has 2 unspecified atom stereocenters. The number of nitrogens with zero attached hydrogens (tertiary/aromatic N) is 3. The van der Waals surface area contributed by atoms with Gasteiger partial charge < -0.3 is 24.8 Å². The minimum absolute atomic E-state index is 0.312. The molecule has 1 aliphatic heterocycles. The van der Waals surface area contributed by atoms with Crippen LogP contribution in [-0.4, -0.2) is 58.5 Å². The fourth-order valence-electron chi connectivity index (χ4n) is 1.45. The highest BCUT2D eigenvalue weighted by molar-refractivity contribution is 5.65. The van der Waals surface area contributed by atoms with Gasteiger partial charge in [-0.25, -0.2) is 0 Å². The van der Waals surface area contributed by atoms with Gasteiger partial charge in [0.15, 0.2) is 6.29 Å². The van der Waals surface area contributed by atoms with Crippen LogP contribution in [0.1, 0.15) is 6.92 Å². The van der Waals surface area contributed by atoms with Gasteiger partial charge in [-0.1, -0.05) is 5.11 Å². The van der Waals surface area contributed by atoms with Gasteiger partial charge in [0, 0.05) is 11.8 Å². The van der Waals surface area contributed by atoms with Crippen LogP contribution in [0.5, 0.6) is 0 Å². The summed E-state index contributed by atoms with van der Waals surface area (Å²) < 4.78 is 9.48. The average Bonchev–Trinajstić information content (AvgIpc) is 2.27. The van der Waals surface area contributed by atoms with Gasteiger partial charge in [-0.2, -0.15) is 0 Å². The van der Waals surface area contributed by atoms with Crippen molar-refractivity contribution in [2.24, 2.45) is 5.11 Å². The molecule has 96 valence electrons. The molecule has 9 nitrogen and oxygen atoms in total. The van der Waals surface area contributed by atoms with Crippen LogP contribution in [0.15, 0.2) is 5.11 Å². The predicted octanol–water partition coefficient (Wildman–Crippen LogP) is -1.33. The van der Waals surface area contributed by atoms with Crippen molar-refractivity contribution in [3.05, 3.63) is 10.4 Å². The largest absolute Gasteiger partial charge is 0.463 e. The first-order valence-corrected chi connectivity index (χ1v) is 4.84. The lowest BCUT2D eigenvalue weighted by Crippen LogP contribution is -2.57. The standard InChI is InChI=1S/C8H13N3O6/c1-3(12)16-2-4-6(13)7(14)5(10-11-9)8(15)17-4/h4-8,13-15H,2H2,1H3/t4?,5?,6-,7-,8+/m1/s1. The first-order valence-electron chi connectivity index (χ1n) is 4.84. The van der Waals surface area contributed by atoms with Gasteiger partial charge in [0.05, 0.1) is 6.10 Å². The Morgan fingerprint density at radius 3 is 2.65 bits per heavy atom. The smallest absolute Gasteiger partial charge is 0.302 e. The Kier molecular flexibility index (Phi) is 4.67. The second-order valence-corrected chi connectivity index (χ2v) is 3.54. The van der Waals surface area contributed by atoms with Crippen molar-refractivity contribution < 1.29 is 29.6 Å². The fraction of sp³-hybridized carbons (Fsp3) is 0.875. The monoisotopic (exact) mass is 247 g/mol. The Morgan fingerprint density at radius 1 is 1.47 bits per heavy atom. The number of hydrogen-bond acceptors (Lipinski definition) is 7. The number of hydrogen-bond donors (Lipinski definition) is 3. The van der Waals surface area contributed by atoms with Crippen molar-refractivity contribution in [3.63, 3.8) is 0 Å². The number of esters is 1. The van der Waals surface area contributed by atoms with Gasteiger partial charge in [-0.05, 0) is 5.53 Å². The number of carbonyl (C=O) groups excluding carboxylic acids is 1. The number of carbonyl (C=O) groups is 1. The maximum atomic E-state index is 10.6. The van der Waals surface area contributed by atoms with Gasteiger partial charge in [0.25, 0.3) is 0 Å². The molecule has 9 heteroatoms. The minimum atomic E-state index is -1.56. The Balaban J connectivity index is 2.68. The number of azide groups is 1. The molecule has 0 aromatic carbocycles. The molecular weight excluding hydrogens is 234 g/mol. The molecule has 1 heterocycles. The molecule has 0 bridgehead atoms. The van der Waals surface area contributed by atoms with Crippen LogP contribution in [0.2, 0.25) is 0 Å². The number of ether oxygens (including phenoxy) is 2. The summed E-state index contributed by atoms with van der Waals surface area (Å²) in [5.74, 6) is -0.582. The van der Waals surface area contributed by atoms with Crippen LogP contribution in [0.4, 0.5) is 0 Å². The molecule has 1 aliphatic rings. The second-order valence-electron chi connectivity index (χ2n) is 3.54. The maximum absolute atomic E-state index is 10.6. The van der Waals surface area contributed by atoms with Crippen LogP contribution >= 0.6 is 0 Å². The van der Waals surface area contributed by atoms with E-state index in [-0.39, 0.29) is 6.61 Å². The van der Waals surface area contributed by atoms with E-state index in [0.717, 1.165) is 0 Å². The quantitative estimate of drug-likeness (QED) is 0.244. The van der Waals surface area contributed by atoms with Crippen molar-refractivity contribution >= 4 is 5.97 Å².